The molecule has 0 aromatic heterocycles. The Hall–Kier alpha value is -0.203. The molecule has 0 aliphatic carbocycles. The number of nitrogens with zero attached hydrogens (tertiary/aromatic N) is 2. The average Bonchev–Trinajstić information content (AvgIpc) is 2.53. The maximum atomic E-state index is 6.33. The zero-order chi connectivity index (χ0) is 18.7. The molecule has 2 rings (SSSR count). The summed E-state index contributed by atoms with van der Waals surface area (Å²) in [5.74, 6) is 0. The molecular formula is C20H35BrN2OSi. The highest BCUT2D eigenvalue weighted by Crippen LogP contribution is 2.36. The van der Waals surface area contributed by atoms with Gasteiger partial charge in [-0.25, -0.2) is 0 Å². The maximum Gasteiger partial charge on any atom is 0.192 e. The number of halogens is 1. The number of hydrogen-bond acceptors (Lipinski definition) is 3. The molecule has 1 heterocycles. The second-order valence-electron chi connectivity index (χ2n) is 8.72. The topological polar surface area (TPSA) is 15.7 Å². The van der Waals surface area contributed by atoms with Gasteiger partial charge in [0.1, 0.15) is 0 Å². The molecule has 0 bridgehead atoms. The van der Waals surface area contributed by atoms with Crippen LogP contribution in [0.25, 0.3) is 0 Å². The molecule has 1 saturated heterocycles. The molecule has 1 aliphatic rings. The molecule has 0 spiro atoms. The molecule has 0 saturated carbocycles. The summed E-state index contributed by atoms with van der Waals surface area (Å²) in [4.78, 5) is 5.14. The number of benzene rings is 1. The summed E-state index contributed by atoms with van der Waals surface area (Å²) in [6.45, 7) is 20.4. The van der Waals surface area contributed by atoms with E-state index in [0.717, 1.165) is 39.3 Å². The van der Waals surface area contributed by atoms with E-state index in [0.29, 0.717) is 11.1 Å². The van der Waals surface area contributed by atoms with Crippen molar-refractivity contribution in [1.29, 1.82) is 0 Å². The molecule has 1 unspecified atom stereocenters. The van der Waals surface area contributed by atoms with Gasteiger partial charge in [-0.05, 0) is 42.8 Å². The molecule has 25 heavy (non-hydrogen) atoms. The van der Waals surface area contributed by atoms with Crippen LogP contribution in [0.5, 0.6) is 0 Å². The van der Waals surface area contributed by atoms with Gasteiger partial charge >= 0.3 is 0 Å². The Morgan fingerprint density at radius 3 is 2.36 bits per heavy atom. The fourth-order valence-corrected chi connectivity index (χ4v) is 4.45. The molecule has 0 radical (unpaired) electrons. The Balaban J connectivity index is 1.76. The molecule has 1 atom stereocenters. The van der Waals surface area contributed by atoms with Crippen LogP contribution in [0.15, 0.2) is 28.7 Å². The van der Waals surface area contributed by atoms with Crippen molar-refractivity contribution in [2.45, 2.75) is 51.9 Å². The molecule has 0 N–H and O–H groups in total. The van der Waals surface area contributed by atoms with Crippen LogP contribution in [0.3, 0.4) is 0 Å². The van der Waals surface area contributed by atoms with E-state index in [9.17, 15) is 0 Å². The van der Waals surface area contributed by atoms with Gasteiger partial charge in [0.05, 0.1) is 0 Å². The first kappa shape index (κ1) is 21.1. The SMILES string of the molecule is CC(c1cccc(Br)c1)N1CCN(CCO[Si](C)(C)C(C)(C)C)CC1. The number of piperazine rings is 1. The van der Waals surface area contributed by atoms with Crippen LogP contribution in [0, 0.1) is 0 Å². The third kappa shape index (κ3) is 5.89. The van der Waals surface area contributed by atoms with Gasteiger partial charge in [0.2, 0.25) is 0 Å². The Morgan fingerprint density at radius 1 is 1.16 bits per heavy atom. The Morgan fingerprint density at radius 2 is 1.80 bits per heavy atom. The summed E-state index contributed by atoms with van der Waals surface area (Å²) in [5, 5.41) is 0.297. The van der Waals surface area contributed by atoms with E-state index in [-0.39, 0.29) is 0 Å². The van der Waals surface area contributed by atoms with Crippen LogP contribution < -0.4 is 0 Å². The maximum absolute atomic E-state index is 6.33. The zero-order valence-corrected chi connectivity index (χ0v) is 19.4. The standard InChI is InChI=1S/C20H35BrN2OSi/c1-17(18-8-7-9-19(21)16-18)23-12-10-22(11-13-23)14-15-24-25(5,6)20(2,3)4/h7-9,16-17H,10-15H2,1-6H3. The van der Waals surface area contributed by atoms with Crippen molar-refractivity contribution >= 4 is 24.2 Å². The van der Waals surface area contributed by atoms with Crippen molar-refractivity contribution in [2.24, 2.45) is 0 Å². The quantitative estimate of drug-likeness (QED) is 0.584. The van der Waals surface area contributed by atoms with E-state index in [1.807, 2.05) is 0 Å². The lowest BCUT2D eigenvalue weighted by Gasteiger charge is -2.40. The van der Waals surface area contributed by atoms with Gasteiger partial charge in [-0.1, -0.05) is 48.8 Å². The summed E-state index contributed by atoms with van der Waals surface area (Å²) in [6, 6.07) is 9.17. The molecule has 1 fully saturated rings. The summed E-state index contributed by atoms with van der Waals surface area (Å²) in [7, 11) is -1.61. The minimum atomic E-state index is -1.61. The Kier molecular flexibility index (Phi) is 7.31. The van der Waals surface area contributed by atoms with Crippen LogP contribution >= 0.6 is 15.9 Å². The fraction of sp³-hybridized carbons (Fsp3) is 0.700. The largest absolute Gasteiger partial charge is 0.416 e. The zero-order valence-electron chi connectivity index (χ0n) is 16.8. The molecule has 3 nitrogen and oxygen atoms in total. The van der Waals surface area contributed by atoms with Crippen molar-refractivity contribution in [1.82, 2.24) is 9.80 Å². The normalized spacial score (nSPS) is 19.2. The predicted octanol–water partition coefficient (Wildman–Crippen LogP) is 5.15. The smallest absolute Gasteiger partial charge is 0.192 e. The highest BCUT2D eigenvalue weighted by molar-refractivity contribution is 9.10. The van der Waals surface area contributed by atoms with Crippen molar-refractivity contribution < 1.29 is 4.43 Å². The Bertz CT molecular complexity index is 551. The monoisotopic (exact) mass is 426 g/mol. The van der Waals surface area contributed by atoms with E-state index in [2.05, 4.69) is 90.8 Å². The van der Waals surface area contributed by atoms with Crippen molar-refractivity contribution in [3.63, 3.8) is 0 Å². The Labute approximate surface area is 164 Å². The summed E-state index contributed by atoms with van der Waals surface area (Å²) in [6.07, 6.45) is 0. The predicted molar refractivity (Wildman–Crippen MR) is 114 cm³/mol. The van der Waals surface area contributed by atoms with Crippen molar-refractivity contribution in [2.75, 3.05) is 39.3 Å². The van der Waals surface area contributed by atoms with Crippen molar-refractivity contribution in [3.05, 3.63) is 34.3 Å². The molecule has 142 valence electrons. The van der Waals surface area contributed by atoms with E-state index in [1.165, 1.54) is 10.0 Å². The van der Waals surface area contributed by atoms with Crippen molar-refractivity contribution in [3.8, 4) is 0 Å². The minimum absolute atomic E-state index is 0.297. The number of hydrogen-bond donors (Lipinski definition) is 0. The first-order chi connectivity index (χ1) is 11.6. The second-order valence-corrected chi connectivity index (χ2v) is 14.4. The second kappa shape index (κ2) is 8.66. The highest BCUT2D eigenvalue weighted by atomic mass is 79.9. The van der Waals surface area contributed by atoms with Crippen LogP contribution in [0.2, 0.25) is 18.1 Å². The molecule has 1 aliphatic heterocycles. The van der Waals surface area contributed by atoms with Gasteiger partial charge in [0.25, 0.3) is 0 Å². The summed E-state index contributed by atoms with van der Waals surface area (Å²) < 4.78 is 7.50. The van der Waals surface area contributed by atoms with E-state index in [4.69, 9.17) is 4.43 Å². The molecular weight excluding hydrogens is 392 g/mol. The minimum Gasteiger partial charge on any atom is -0.416 e. The van der Waals surface area contributed by atoms with Crippen LogP contribution in [0.1, 0.15) is 39.3 Å². The lowest BCUT2D eigenvalue weighted by Crippen LogP contribution is -2.49. The molecule has 0 amide bonds. The van der Waals surface area contributed by atoms with Gasteiger partial charge in [0, 0.05) is 49.8 Å². The van der Waals surface area contributed by atoms with Gasteiger partial charge in [-0.2, -0.15) is 0 Å². The van der Waals surface area contributed by atoms with E-state index < -0.39 is 8.32 Å². The summed E-state index contributed by atoms with van der Waals surface area (Å²) in [5.41, 5.74) is 1.39. The van der Waals surface area contributed by atoms with Crippen LogP contribution in [-0.2, 0) is 4.43 Å². The molecule has 5 heteroatoms. The third-order valence-corrected chi connectivity index (χ3v) is 11.0. The van der Waals surface area contributed by atoms with E-state index >= 15 is 0 Å². The highest BCUT2D eigenvalue weighted by Gasteiger charge is 2.37. The molecule has 1 aromatic carbocycles. The lowest BCUT2D eigenvalue weighted by atomic mass is 10.1. The van der Waals surface area contributed by atoms with E-state index in [1.54, 1.807) is 0 Å². The first-order valence-corrected chi connectivity index (χ1v) is 13.2. The van der Waals surface area contributed by atoms with Gasteiger partial charge in [-0.15, -0.1) is 0 Å². The lowest BCUT2D eigenvalue weighted by molar-refractivity contribution is 0.0900. The summed E-state index contributed by atoms with van der Waals surface area (Å²) >= 11 is 3.58. The van der Waals surface area contributed by atoms with Gasteiger partial charge in [-0.3, -0.25) is 9.80 Å². The molecule has 1 aromatic rings. The van der Waals surface area contributed by atoms with Gasteiger partial charge in [0.15, 0.2) is 8.32 Å². The van der Waals surface area contributed by atoms with Crippen LogP contribution in [0.4, 0.5) is 0 Å². The first-order valence-electron chi connectivity index (χ1n) is 9.46. The average molecular weight is 428 g/mol. The van der Waals surface area contributed by atoms with Crippen LogP contribution in [-0.4, -0.2) is 57.4 Å². The third-order valence-electron chi connectivity index (χ3n) is 5.96. The van der Waals surface area contributed by atoms with Gasteiger partial charge < -0.3 is 4.43 Å². The number of rotatable bonds is 6. The fourth-order valence-electron chi connectivity index (χ4n) is 3.00.